The Morgan fingerprint density at radius 3 is 2.45 bits per heavy atom. The summed E-state index contributed by atoms with van der Waals surface area (Å²) in [5, 5.41) is 1.38. The molecule has 0 atom stereocenters. The van der Waals surface area contributed by atoms with Gasteiger partial charge in [0, 0.05) is 13.0 Å². The summed E-state index contributed by atoms with van der Waals surface area (Å²) >= 11 is 0. The zero-order valence-corrected chi connectivity index (χ0v) is 13.5. The van der Waals surface area contributed by atoms with Crippen LogP contribution in [0.5, 0.6) is 0 Å². The average Bonchev–Trinajstić information content (AvgIpc) is 2.53. The predicted octanol–water partition coefficient (Wildman–Crippen LogP) is 3.65. The van der Waals surface area contributed by atoms with Crippen molar-refractivity contribution >= 4 is 12.0 Å². The minimum Gasteiger partial charge on any atom is -0.443 e. The van der Waals surface area contributed by atoms with Crippen LogP contribution in [0.4, 0.5) is 4.79 Å². The van der Waals surface area contributed by atoms with Gasteiger partial charge in [0.1, 0.15) is 6.61 Å². The van der Waals surface area contributed by atoms with Crippen molar-refractivity contribution in [3.8, 4) is 0 Å². The summed E-state index contributed by atoms with van der Waals surface area (Å²) in [6.07, 6.45) is 3.54. The molecular formula is C17H26N2O3. The Morgan fingerprint density at radius 2 is 1.82 bits per heavy atom. The largest absolute Gasteiger partial charge is 0.443 e. The van der Waals surface area contributed by atoms with E-state index in [4.69, 9.17) is 4.74 Å². The second-order valence-electron chi connectivity index (χ2n) is 5.18. The fourth-order valence-electron chi connectivity index (χ4n) is 1.98. The smallest absolute Gasteiger partial charge is 0.426 e. The Labute approximate surface area is 132 Å². The van der Waals surface area contributed by atoms with Crippen LogP contribution in [-0.4, -0.2) is 23.6 Å². The van der Waals surface area contributed by atoms with Crippen molar-refractivity contribution in [1.29, 1.82) is 0 Å². The van der Waals surface area contributed by atoms with E-state index in [-0.39, 0.29) is 12.5 Å². The third-order valence-corrected chi connectivity index (χ3v) is 3.19. The van der Waals surface area contributed by atoms with E-state index < -0.39 is 6.09 Å². The van der Waals surface area contributed by atoms with E-state index in [1.807, 2.05) is 37.3 Å². The topological polar surface area (TPSA) is 58.6 Å². The Morgan fingerprint density at radius 1 is 1.09 bits per heavy atom. The van der Waals surface area contributed by atoms with Crippen molar-refractivity contribution in [2.24, 2.45) is 0 Å². The zero-order chi connectivity index (χ0) is 16.2. The molecule has 1 aromatic carbocycles. The van der Waals surface area contributed by atoms with Crippen molar-refractivity contribution in [3.63, 3.8) is 0 Å². The molecule has 0 saturated heterocycles. The number of hydrogen-bond donors (Lipinski definition) is 1. The van der Waals surface area contributed by atoms with E-state index in [2.05, 4.69) is 12.3 Å². The molecule has 0 radical (unpaired) electrons. The standard InChI is InChI=1S/C17H26N2O3/c1-3-5-9-13-19(16(20)10-4-2)18-17(21)22-14-15-11-7-6-8-12-15/h6-8,11-12H,3-5,9-10,13-14H2,1-2H3,(H,18,21). The number of rotatable bonds is 8. The molecule has 0 aromatic heterocycles. The lowest BCUT2D eigenvalue weighted by Crippen LogP contribution is -2.46. The Balaban J connectivity index is 2.45. The van der Waals surface area contributed by atoms with Crippen molar-refractivity contribution in [2.45, 2.75) is 52.6 Å². The lowest BCUT2D eigenvalue weighted by Gasteiger charge is -2.22. The van der Waals surface area contributed by atoms with Gasteiger partial charge >= 0.3 is 6.09 Å². The molecule has 0 bridgehead atoms. The molecule has 1 aromatic rings. The predicted molar refractivity (Wildman–Crippen MR) is 85.9 cm³/mol. The van der Waals surface area contributed by atoms with Gasteiger partial charge in [-0.15, -0.1) is 0 Å². The second kappa shape index (κ2) is 10.7. The molecule has 0 unspecified atom stereocenters. The van der Waals surface area contributed by atoms with Crippen molar-refractivity contribution in [3.05, 3.63) is 35.9 Å². The number of amides is 2. The molecule has 0 heterocycles. The number of carbonyl (C=O) groups excluding carboxylic acids is 2. The van der Waals surface area contributed by atoms with E-state index in [0.717, 1.165) is 31.2 Å². The van der Waals surface area contributed by atoms with Crippen molar-refractivity contribution < 1.29 is 14.3 Å². The molecule has 0 aliphatic carbocycles. The van der Waals surface area contributed by atoms with E-state index in [1.165, 1.54) is 5.01 Å². The van der Waals surface area contributed by atoms with Gasteiger partial charge in [-0.2, -0.15) is 0 Å². The lowest BCUT2D eigenvalue weighted by molar-refractivity contribution is -0.134. The molecule has 2 amide bonds. The number of hydrazine groups is 1. The van der Waals surface area contributed by atoms with Crippen LogP contribution in [0.1, 0.15) is 51.5 Å². The van der Waals surface area contributed by atoms with Crippen LogP contribution >= 0.6 is 0 Å². The summed E-state index contributed by atoms with van der Waals surface area (Å²) in [6, 6.07) is 9.45. The number of benzene rings is 1. The molecular weight excluding hydrogens is 280 g/mol. The SMILES string of the molecule is CCCCCN(NC(=O)OCc1ccccc1)C(=O)CCC. The number of nitrogens with one attached hydrogen (secondary N) is 1. The molecule has 0 spiro atoms. The van der Waals surface area contributed by atoms with Gasteiger partial charge in [-0.1, -0.05) is 57.0 Å². The molecule has 0 aliphatic rings. The van der Waals surface area contributed by atoms with Crippen LogP contribution < -0.4 is 5.43 Å². The summed E-state index contributed by atoms with van der Waals surface area (Å²) in [6.45, 7) is 4.75. The van der Waals surface area contributed by atoms with E-state index >= 15 is 0 Å². The highest BCUT2D eigenvalue weighted by atomic mass is 16.6. The number of nitrogens with zero attached hydrogens (tertiary/aromatic N) is 1. The van der Waals surface area contributed by atoms with E-state index in [9.17, 15) is 9.59 Å². The Kier molecular flexibility index (Phi) is 8.72. The van der Waals surface area contributed by atoms with Crippen molar-refractivity contribution in [1.82, 2.24) is 10.4 Å². The monoisotopic (exact) mass is 306 g/mol. The van der Waals surface area contributed by atoms with Crippen LogP contribution in [-0.2, 0) is 16.1 Å². The Bertz CT molecular complexity index is 448. The summed E-state index contributed by atoms with van der Waals surface area (Å²) in [5.74, 6) is -0.0738. The highest BCUT2D eigenvalue weighted by Gasteiger charge is 2.15. The van der Waals surface area contributed by atoms with E-state index in [1.54, 1.807) is 0 Å². The molecule has 1 N–H and O–H groups in total. The first-order valence-electron chi connectivity index (χ1n) is 7.95. The highest BCUT2D eigenvalue weighted by Crippen LogP contribution is 2.03. The second-order valence-corrected chi connectivity index (χ2v) is 5.18. The highest BCUT2D eigenvalue weighted by molar-refractivity contribution is 5.79. The number of ether oxygens (including phenoxy) is 1. The maximum absolute atomic E-state index is 12.0. The summed E-state index contributed by atoms with van der Waals surface area (Å²) in [5.41, 5.74) is 3.47. The van der Waals surface area contributed by atoms with Gasteiger partial charge in [-0.3, -0.25) is 9.80 Å². The van der Waals surface area contributed by atoms with Crippen LogP contribution in [0.15, 0.2) is 30.3 Å². The number of unbranched alkanes of at least 4 members (excludes halogenated alkanes) is 2. The summed E-state index contributed by atoms with van der Waals surface area (Å²) in [4.78, 5) is 23.8. The number of hydrogen-bond acceptors (Lipinski definition) is 3. The van der Waals surface area contributed by atoms with Crippen LogP contribution in [0.3, 0.4) is 0 Å². The first kappa shape index (κ1) is 18.0. The minimum atomic E-state index is -0.593. The fraction of sp³-hybridized carbons (Fsp3) is 0.529. The van der Waals surface area contributed by atoms with Gasteiger partial charge in [0.05, 0.1) is 0 Å². The van der Waals surface area contributed by atoms with Crippen LogP contribution in [0, 0.1) is 0 Å². The maximum Gasteiger partial charge on any atom is 0.426 e. The van der Waals surface area contributed by atoms with Gasteiger partial charge in [-0.25, -0.2) is 10.2 Å². The summed E-state index contributed by atoms with van der Waals surface area (Å²) in [7, 11) is 0. The fourth-order valence-corrected chi connectivity index (χ4v) is 1.98. The van der Waals surface area contributed by atoms with Crippen molar-refractivity contribution in [2.75, 3.05) is 6.54 Å². The number of carbonyl (C=O) groups is 2. The molecule has 5 nitrogen and oxygen atoms in total. The average molecular weight is 306 g/mol. The first-order valence-corrected chi connectivity index (χ1v) is 7.95. The molecule has 5 heteroatoms. The zero-order valence-electron chi connectivity index (χ0n) is 13.5. The Hall–Kier alpha value is -2.04. The lowest BCUT2D eigenvalue weighted by atomic mass is 10.2. The van der Waals surface area contributed by atoms with Gasteiger partial charge in [0.15, 0.2) is 0 Å². The van der Waals surface area contributed by atoms with Gasteiger partial charge < -0.3 is 4.74 Å². The van der Waals surface area contributed by atoms with Gasteiger partial charge in [-0.05, 0) is 18.4 Å². The van der Waals surface area contributed by atoms with E-state index in [0.29, 0.717) is 13.0 Å². The molecule has 0 fully saturated rings. The third-order valence-electron chi connectivity index (χ3n) is 3.19. The van der Waals surface area contributed by atoms with Gasteiger partial charge in [0.25, 0.3) is 0 Å². The summed E-state index contributed by atoms with van der Waals surface area (Å²) < 4.78 is 5.15. The first-order chi connectivity index (χ1) is 10.7. The molecule has 22 heavy (non-hydrogen) atoms. The molecule has 0 saturated carbocycles. The van der Waals surface area contributed by atoms with Crippen LogP contribution in [0.2, 0.25) is 0 Å². The molecule has 1 rings (SSSR count). The third kappa shape index (κ3) is 7.11. The molecule has 0 aliphatic heterocycles. The molecule has 122 valence electrons. The quantitative estimate of drug-likeness (QED) is 0.589. The van der Waals surface area contributed by atoms with Crippen LogP contribution in [0.25, 0.3) is 0 Å². The normalized spacial score (nSPS) is 10.1. The van der Waals surface area contributed by atoms with Gasteiger partial charge in [0.2, 0.25) is 5.91 Å². The minimum absolute atomic E-state index is 0.0738. The maximum atomic E-state index is 12.0.